The van der Waals surface area contributed by atoms with E-state index in [9.17, 15) is 0 Å². The van der Waals surface area contributed by atoms with Gasteiger partial charge in [-0.05, 0) is 44.6 Å². The molecule has 0 N–H and O–H groups in total. The predicted octanol–water partition coefficient (Wildman–Crippen LogP) is 4.58. The second-order valence-electron chi connectivity index (χ2n) is 5.00. The van der Waals surface area contributed by atoms with E-state index >= 15 is 0 Å². The summed E-state index contributed by atoms with van der Waals surface area (Å²) in [6.07, 6.45) is 16.0. The van der Waals surface area contributed by atoms with E-state index in [1.165, 1.54) is 22.3 Å². The molecule has 0 aliphatic heterocycles. The lowest BCUT2D eigenvalue weighted by molar-refractivity contribution is 0.834. The molecule has 2 rings (SSSR count). The van der Waals surface area contributed by atoms with Gasteiger partial charge in [-0.2, -0.15) is 0 Å². The highest BCUT2D eigenvalue weighted by atomic mass is 14.2. The Morgan fingerprint density at radius 2 is 2.06 bits per heavy atom. The van der Waals surface area contributed by atoms with Gasteiger partial charge < -0.3 is 0 Å². The molecule has 0 amide bonds. The molecule has 2 radical (unpaired) electrons. The third-order valence-corrected chi connectivity index (χ3v) is 3.09. The maximum absolute atomic E-state index is 2.37. The molecule has 1 atom stereocenters. The van der Waals surface area contributed by atoms with Gasteiger partial charge in [-0.3, -0.25) is 0 Å². The van der Waals surface area contributed by atoms with E-state index in [1.807, 2.05) is 0 Å². The van der Waals surface area contributed by atoms with Crippen molar-refractivity contribution < 1.29 is 0 Å². The Kier molecular flexibility index (Phi) is 3.48. The monoisotopic (exact) mass is 212 g/mol. The smallest absolute Gasteiger partial charge is 0.00833 e. The van der Waals surface area contributed by atoms with Gasteiger partial charge in [0.2, 0.25) is 0 Å². The van der Waals surface area contributed by atoms with Crippen molar-refractivity contribution in [2.75, 3.05) is 0 Å². The molecule has 0 aromatic rings. The fraction of sp³-hybridized carbons (Fsp3) is 0.375. The minimum absolute atomic E-state index is 0.585. The topological polar surface area (TPSA) is 0 Å². The van der Waals surface area contributed by atoms with Crippen molar-refractivity contribution >= 4 is 0 Å². The summed E-state index contributed by atoms with van der Waals surface area (Å²) in [5, 5.41) is 0. The molecule has 0 nitrogen and oxygen atoms in total. The third kappa shape index (κ3) is 2.98. The first-order valence-corrected chi connectivity index (χ1v) is 6.07. The van der Waals surface area contributed by atoms with Crippen LogP contribution < -0.4 is 0 Å². The molecule has 1 unspecified atom stereocenters. The normalized spacial score (nSPS) is 25.6. The minimum atomic E-state index is 0.585. The molecule has 0 aromatic carbocycles. The summed E-state index contributed by atoms with van der Waals surface area (Å²) in [7, 11) is 0. The van der Waals surface area contributed by atoms with Gasteiger partial charge in [-0.25, -0.2) is 0 Å². The molecule has 2 aliphatic rings. The zero-order chi connectivity index (χ0) is 11.5. The van der Waals surface area contributed by atoms with Gasteiger partial charge in [0.05, 0.1) is 0 Å². The van der Waals surface area contributed by atoms with Gasteiger partial charge in [-0.15, -0.1) is 0 Å². The lowest BCUT2D eigenvalue weighted by atomic mass is 9.87. The largest absolute Gasteiger partial charge is 0.0803 e. The fourth-order valence-corrected chi connectivity index (χ4v) is 2.34. The molecule has 16 heavy (non-hydrogen) atoms. The zero-order valence-electron chi connectivity index (χ0n) is 10.5. The van der Waals surface area contributed by atoms with Crippen LogP contribution in [0.3, 0.4) is 0 Å². The highest BCUT2D eigenvalue weighted by Gasteiger charge is 2.11. The second-order valence-corrected chi connectivity index (χ2v) is 5.00. The van der Waals surface area contributed by atoms with E-state index in [0.717, 1.165) is 12.8 Å². The molecule has 0 saturated carbocycles. The number of allylic oxidation sites excluding steroid dienone is 8. The predicted molar refractivity (Wildman–Crippen MR) is 70.7 cm³/mol. The van der Waals surface area contributed by atoms with Gasteiger partial charge >= 0.3 is 0 Å². The van der Waals surface area contributed by atoms with Gasteiger partial charge in [0.25, 0.3) is 0 Å². The van der Waals surface area contributed by atoms with Crippen LogP contribution in [0.5, 0.6) is 0 Å². The highest BCUT2D eigenvalue weighted by molar-refractivity contribution is 5.41. The summed E-state index contributed by atoms with van der Waals surface area (Å²) in [5.74, 6) is 0.585. The summed E-state index contributed by atoms with van der Waals surface area (Å²) in [5.41, 5.74) is 5.76. The standard InChI is InChI=1S/C16H20/c1-12-4-6-15(7-5-12)11-16-9-13(2)8-14(3)10-16/h4,6-10,13H,5,11H2,1-3H3. The van der Waals surface area contributed by atoms with Crippen molar-refractivity contribution in [1.82, 2.24) is 0 Å². The molecule has 2 aliphatic carbocycles. The first-order chi connectivity index (χ1) is 7.63. The summed E-state index contributed by atoms with van der Waals surface area (Å²) in [4.78, 5) is 0. The van der Waals surface area contributed by atoms with Gasteiger partial charge in [0.1, 0.15) is 0 Å². The average Bonchev–Trinajstić information content (AvgIpc) is 2.20. The number of hydrogen-bond acceptors (Lipinski definition) is 0. The average molecular weight is 212 g/mol. The van der Waals surface area contributed by atoms with Gasteiger partial charge in [0.15, 0.2) is 0 Å². The highest BCUT2D eigenvalue weighted by Crippen LogP contribution is 2.28. The first kappa shape index (κ1) is 11.4. The summed E-state index contributed by atoms with van der Waals surface area (Å²) in [6.45, 7) is 6.62. The van der Waals surface area contributed by atoms with Crippen LogP contribution in [0.4, 0.5) is 0 Å². The molecule has 0 bridgehead atoms. The Hall–Kier alpha value is -1.04. The molecular weight excluding hydrogens is 192 g/mol. The van der Waals surface area contributed by atoms with Gasteiger partial charge in [-0.1, -0.05) is 47.9 Å². The van der Waals surface area contributed by atoms with Crippen LogP contribution in [0.1, 0.15) is 33.6 Å². The molecule has 0 heteroatoms. The maximum atomic E-state index is 2.37. The Balaban J connectivity index is 2.00. The third-order valence-electron chi connectivity index (χ3n) is 3.09. The Bertz CT molecular complexity index is 388. The molecule has 0 spiro atoms. The molecule has 0 heterocycles. The van der Waals surface area contributed by atoms with Gasteiger partial charge in [0, 0.05) is 6.42 Å². The Labute approximate surface area is 99.4 Å². The van der Waals surface area contributed by atoms with Crippen LogP contribution in [0.25, 0.3) is 0 Å². The molecule has 0 fully saturated rings. The minimum Gasteiger partial charge on any atom is -0.0803 e. The van der Waals surface area contributed by atoms with E-state index in [-0.39, 0.29) is 0 Å². The van der Waals surface area contributed by atoms with Crippen LogP contribution in [-0.2, 0) is 0 Å². The summed E-state index contributed by atoms with van der Waals surface area (Å²) >= 11 is 0. The number of hydrogen-bond donors (Lipinski definition) is 0. The van der Waals surface area contributed by atoms with Crippen LogP contribution in [-0.4, -0.2) is 0 Å². The van der Waals surface area contributed by atoms with Crippen molar-refractivity contribution in [3.63, 3.8) is 0 Å². The van der Waals surface area contributed by atoms with E-state index < -0.39 is 0 Å². The fourth-order valence-electron chi connectivity index (χ4n) is 2.34. The van der Waals surface area contributed by atoms with E-state index in [2.05, 4.69) is 57.9 Å². The zero-order valence-corrected chi connectivity index (χ0v) is 10.5. The molecule has 0 aromatic heterocycles. The van der Waals surface area contributed by atoms with E-state index in [0.29, 0.717) is 5.92 Å². The first-order valence-electron chi connectivity index (χ1n) is 6.07. The summed E-state index contributed by atoms with van der Waals surface area (Å²) < 4.78 is 0. The van der Waals surface area contributed by atoms with Crippen molar-refractivity contribution in [2.24, 2.45) is 5.92 Å². The van der Waals surface area contributed by atoms with Crippen molar-refractivity contribution in [3.05, 3.63) is 59.4 Å². The lowest BCUT2D eigenvalue weighted by Gasteiger charge is -2.18. The van der Waals surface area contributed by atoms with Crippen LogP contribution in [0.2, 0.25) is 0 Å². The molecule has 84 valence electrons. The van der Waals surface area contributed by atoms with Crippen LogP contribution >= 0.6 is 0 Å². The van der Waals surface area contributed by atoms with E-state index in [4.69, 9.17) is 0 Å². The van der Waals surface area contributed by atoms with Crippen molar-refractivity contribution in [2.45, 2.75) is 33.6 Å². The van der Waals surface area contributed by atoms with Crippen LogP contribution in [0.15, 0.2) is 46.6 Å². The Morgan fingerprint density at radius 1 is 1.25 bits per heavy atom. The summed E-state index contributed by atoms with van der Waals surface area (Å²) in [6, 6.07) is 0. The second kappa shape index (κ2) is 4.86. The maximum Gasteiger partial charge on any atom is 0.00833 e. The molecule has 0 saturated heterocycles. The SMILES string of the molecule is CC1=CC(CC2=CCC(C)=C[CH]2)=CC(C)[CH]1. The molecular formula is C16H20. The van der Waals surface area contributed by atoms with E-state index in [1.54, 1.807) is 0 Å². The lowest BCUT2D eigenvalue weighted by Crippen LogP contribution is -2.02. The quantitative estimate of drug-likeness (QED) is 0.628. The van der Waals surface area contributed by atoms with Crippen LogP contribution in [0, 0.1) is 18.8 Å². The van der Waals surface area contributed by atoms with Crippen molar-refractivity contribution in [1.29, 1.82) is 0 Å². The Morgan fingerprint density at radius 3 is 2.69 bits per heavy atom. The number of rotatable bonds is 2. The van der Waals surface area contributed by atoms with Crippen molar-refractivity contribution in [3.8, 4) is 0 Å².